The van der Waals surface area contributed by atoms with E-state index in [0.29, 0.717) is 11.8 Å². The van der Waals surface area contributed by atoms with Crippen LogP contribution in [0.1, 0.15) is 39.7 Å². The van der Waals surface area contributed by atoms with Crippen LogP contribution in [0, 0.1) is 11.8 Å². The number of rotatable bonds is 5. The second kappa shape index (κ2) is 8.65. The van der Waals surface area contributed by atoms with Crippen LogP contribution in [-0.2, 0) is 11.3 Å². The van der Waals surface area contributed by atoms with E-state index in [-0.39, 0.29) is 5.60 Å². The third kappa shape index (κ3) is 4.46. The Labute approximate surface area is 197 Å². The molecule has 2 saturated heterocycles. The second-order valence-corrected chi connectivity index (χ2v) is 10.6. The number of hydrogen-bond acceptors (Lipinski definition) is 5. The monoisotopic (exact) mass is 447 g/mol. The molecule has 2 fully saturated rings. The van der Waals surface area contributed by atoms with Gasteiger partial charge in [0, 0.05) is 74.9 Å². The molecule has 6 heteroatoms. The highest BCUT2D eigenvalue weighted by atomic mass is 16.5. The van der Waals surface area contributed by atoms with Crippen LogP contribution in [0.5, 0.6) is 0 Å². The van der Waals surface area contributed by atoms with E-state index in [0.717, 1.165) is 57.1 Å². The van der Waals surface area contributed by atoms with E-state index in [4.69, 9.17) is 10.5 Å². The fourth-order valence-electron chi connectivity index (χ4n) is 5.69. The zero-order chi connectivity index (χ0) is 23.2. The Balaban J connectivity index is 1.18. The van der Waals surface area contributed by atoms with Gasteiger partial charge in [0.05, 0.1) is 6.33 Å². The Kier molecular flexibility index (Phi) is 5.83. The van der Waals surface area contributed by atoms with Gasteiger partial charge in [0.1, 0.15) is 11.4 Å². The lowest BCUT2D eigenvalue weighted by Gasteiger charge is -2.39. The van der Waals surface area contributed by atoms with Crippen molar-refractivity contribution in [1.29, 1.82) is 0 Å². The molecule has 0 spiro atoms. The summed E-state index contributed by atoms with van der Waals surface area (Å²) in [6.07, 6.45) is 6.67. The van der Waals surface area contributed by atoms with Crippen molar-refractivity contribution in [3.63, 3.8) is 0 Å². The van der Waals surface area contributed by atoms with Gasteiger partial charge < -0.3 is 19.9 Å². The molecule has 0 amide bonds. The van der Waals surface area contributed by atoms with Gasteiger partial charge >= 0.3 is 0 Å². The number of fused-ring (bicyclic) bond motifs is 1. The molecule has 2 unspecified atom stereocenters. The van der Waals surface area contributed by atoms with Gasteiger partial charge in [0.2, 0.25) is 0 Å². The Hall–Kier alpha value is -2.57. The zero-order valence-electron chi connectivity index (χ0n) is 20.4. The first kappa shape index (κ1) is 22.2. The highest BCUT2D eigenvalue weighted by Gasteiger charge is 2.46. The summed E-state index contributed by atoms with van der Waals surface area (Å²) in [4.78, 5) is 9.30. The zero-order valence-corrected chi connectivity index (χ0v) is 20.4. The summed E-state index contributed by atoms with van der Waals surface area (Å²) in [7, 11) is 0. The van der Waals surface area contributed by atoms with Crippen molar-refractivity contribution in [2.45, 2.75) is 46.3 Å². The molecule has 2 aliphatic heterocycles. The molecule has 2 aromatic rings. The van der Waals surface area contributed by atoms with Crippen molar-refractivity contribution in [3.8, 4) is 5.69 Å². The predicted octanol–water partition coefficient (Wildman–Crippen LogP) is 3.94. The van der Waals surface area contributed by atoms with Crippen LogP contribution in [0.4, 0.5) is 0 Å². The number of aromatic nitrogens is 2. The smallest absolute Gasteiger partial charge is 0.104 e. The SMILES string of the molecule is CC1=C(N)C(CN2CCN(Cc3ccc(-n4ccnc4)cc3)CC2)C2CC(C)(C)OC2=C1C. The second-order valence-electron chi connectivity index (χ2n) is 10.6. The summed E-state index contributed by atoms with van der Waals surface area (Å²) >= 11 is 0. The summed E-state index contributed by atoms with van der Waals surface area (Å²) < 4.78 is 8.41. The number of allylic oxidation sites excluding steroid dienone is 3. The lowest BCUT2D eigenvalue weighted by molar-refractivity contribution is 0.0748. The summed E-state index contributed by atoms with van der Waals surface area (Å²) in [6, 6.07) is 8.81. The number of piperazine rings is 1. The van der Waals surface area contributed by atoms with Gasteiger partial charge in [-0.3, -0.25) is 4.90 Å². The maximum Gasteiger partial charge on any atom is 0.104 e. The van der Waals surface area contributed by atoms with Crippen molar-refractivity contribution < 1.29 is 4.74 Å². The standard InChI is InChI=1S/C27H37N5O/c1-19-20(2)26-23(15-27(3,4)33-26)24(25(19)28)17-31-13-11-30(12-14-31)16-21-5-7-22(8-6-21)32-10-9-29-18-32/h5-10,18,23-24H,11-17,28H2,1-4H3. The Bertz CT molecular complexity index is 1040. The Morgan fingerprint density at radius 2 is 1.73 bits per heavy atom. The third-order valence-electron chi connectivity index (χ3n) is 7.75. The van der Waals surface area contributed by atoms with E-state index in [2.05, 4.69) is 66.7 Å². The molecule has 1 aromatic carbocycles. The molecular weight excluding hydrogens is 410 g/mol. The van der Waals surface area contributed by atoms with E-state index in [1.165, 1.54) is 22.5 Å². The van der Waals surface area contributed by atoms with Crippen molar-refractivity contribution in [1.82, 2.24) is 19.4 Å². The molecule has 1 aliphatic carbocycles. The van der Waals surface area contributed by atoms with Gasteiger partial charge in [0.15, 0.2) is 0 Å². The van der Waals surface area contributed by atoms with Crippen LogP contribution >= 0.6 is 0 Å². The van der Waals surface area contributed by atoms with Crippen molar-refractivity contribution in [2.75, 3.05) is 32.7 Å². The van der Waals surface area contributed by atoms with Gasteiger partial charge in [-0.05, 0) is 63.0 Å². The topological polar surface area (TPSA) is 59.5 Å². The Morgan fingerprint density at radius 3 is 2.39 bits per heavy atom. The number of nitrogens with two attached hydrogens (primary N) is 1. The molecule has 2 N–H and O–H groups in total. The summed E-state index contributed by atoms with van der Waals surface area (Å²) in [5.41, 5.74) is 12.7. The fraction of sp³-hybridized carbons (Fsp3) is 0.519. The molecular formula is C27H37N5O. The van der Waals surface area contributed by atoms with Gasteiger partial charge in [0.25, 0.3) is 0 Å². The normalized spacial score (nSPS) is 25.9. The first-order chi connectivity index (χ1) is 15.8. The molecule has 1 aromatic heterocycles. The average Bonchev–Trinajstić information content (AvgIpc) is 3.45. The molecule has 0 saturated carbocycles. The van der Waals surface area contributed by atoms with E-state index in [9.17, 15) is 0 Å². The van der Waals surface area contributed by atoms with Crippen LogP contribution < -0.4 is 5.73 Å². The molecule has 0 radical (unpaired) electrons. The van der Waals surface area contributed by atoms with Crippen LogP contribution in [0.15, 0.2) is 65.6 Å². The predicted molar refractivity (Wildman–Crippen MR) is 132 cm³/mol. The molecule has 3 aliphatic rings. The van der Waals surface area contributed by atoms with E-state index < -0.39 is 0 Å². The van der Waals surface area contributed by atoms with Crippen LogP contribution in [-0.4, -0.2) is 57.7 Å². The van der Waals surface area contributed by atoms with Gasteiger partial charge in [-0.25, -0.2) is 4.98 Å². The Morgan fingerprint density at radius 1 is 1.03 bits per heavy atom. The average molecular weight is 448 g/mol. The molecule has 0 bridgehead atoms. The number of ether oxygens (including phenoxy) is 1. The van der Waals surface area contributed by atoms with Gasteiger partial charge in [-0.2, -0.15) is 0 Å². The van der Waals surface area contributed by atoms with E-state index >= 15 is 0 Å². The fourth-order valence-corrected chi connectivity index (χ4v) is 5.69. The quantitative estimate of drug-likeness (QED) is 0.752. The largest absolute Gasteiger partial charge is 0.492 e. The van der Waals surface area contributed by atoms with Crippen molar-refractivity contribution in [2.24, 2.45) is 17.6 Å². The molecule has 33 heavy (non-hydrogen) atoms. The van der Waals surface area contributed by atoms with Crippen molar-refractivity contribution >= 4 is 0 Å². The molecule has 3 heterocycles. The van der Waals surface area contributed by atoms with E-state index in [1.807, 2.05) is 23.3 Å². The van der Waals surface area contributed by atoms with Crippen molar-refractivity contribution in [3.05, 3.63) is 71.2 Å². The minimum absolute atomic E-state index is 0.101. The summed E-state index contributed by atoms with van der Waals surface area (Å²) in [6.45, 7) is 15.1. The number of imidazole rings is 1. The maximum atomic E-state index is 6.70. The van der Waals surface area contributed by atoms with Gasteiger partial charge in [-0.1, -0.05) is 12.1 Å². The minimum atomic E-state index is -0.101. The lowest BCUT2D eigenvalue weighted by Crippen LogP contribution is -2.49. The van der Waals surface area contributed by atoms with Crippen LogP contribution in [0.25, 0.3) is 5.69 Å². The molecule has 5 rings (SSSR count). The molecule has 2 atom stereocenters. The number of benzene rings is 1. The first-order valence-corrected chi connectivity index (χ1v) is 12.2. The highest BCUT2D eigenvalue weighted by molar-refractivity contribution is 5.42. The van der Waals surface area contributed by atoms with Gasteiger partial charge in [-0.15, -0.1) is 0 Å². The first-order valence-electron chi connectivity index (χ1n) is 12.2. The summed E-state index contributed by atoms with van der Waals surface area (Å²) in [5, 5.41) is 0. The number of nitrogens with zero attached hydrogens (tertiary/aromatic N) is 4. The molecule has 6 nitrogen and oxygen atoms in total. The lowest BCUT2D eigenvalue weighted by atomic mass is 9.76. The highest BCUT2D eigenvalue weighted by Crippen LogP contribution is 2.48. The number of hydrogen-bond donors (Lipinski definition) is 1. The summed E-state index contributed by atoms with van der Waals surface area (Å²) in [5.74, 6) is 1.96. The molecule has 176 valence electrons. The van der Waals surface area contributed by atoms with Crippen LogP contribution in [0.2, 0.25) is 0 Å². The van der Waals surface area contributed by atoms with E-state index in [1.54, 1.807) is 0 Å². The maximum absolute atomic E-state index is 6.70. The third-order valence-corrected chi connectivity index (χ3v) is 7.75. The minimum Gasteiger partial charge on any atom is -0.492 e. The van der Waals surface area contributed by atoms with Crippen LogP contribution in [0.3, 0.4) is 0 Å².